The Balaban J connectivity index is 1.55. The van der Waals surface area contributed by atoms with Crippen molar-refractivity contribution in [2.24, 2.45) is 11.1 Å². The predicted octanol–water partition coefficient (Wildman–Crippen LogP) is 1.59. The van der Waals surface area contributed by atoms with Gasteiger partial charge < -0.3 is 10.2 Å². The van der Waals surface area contributed by atoms with Crippen molar-refractivity contribution in [3.63, 3.8) is 0 Å². The second-order valence-corrected chi connectivity index (χ2v) is 6.02. The second-order valence-electron chi connectivity index (χ2n) is 6.02. The zero-order chi connectivity index (χ0) is 18.0. The summed E-state index contributed by atoms with van der Waals surface area (Å²) >= 11 is 0. The highest BCUT2D eigenvalue weighted by Gasteiger charge is 2.36. The Labute approximate surface area is 144 Å². The van der Waals surface area contributed by atoms with Crippen LogP contribution in [0.25, 0.3) is 0 Å². The van der Waals surface area contributed by atoms with Crippen LogP contribution in [-0.2, 0) is 16.2 Å². The molecular weight excluding hydrogens is 325 g/mol. The maximum atomic E-state index is 13.0. The number of rotatable bonds is 5. The van der Waals surface area contributed by atoms with Crippen LogP contribution in [-0.4, -0.2) is 39.0 Å². The Morgan fingerprint density at radius 2 is 2.04 bits per heavy atom. The highest BCUT2D eigenvalue weighted by molar-refractivity contribution is 6.05. The fourth-order valence-electron chi connectivity index (χ4n) is 2.80. The minimum atomic E-state index is -0.696. The fraction of sp³-hybridized carbons (Fsp3) is 0.412. The van der Waals surface area contributed by atoms with E-state index in [9.17, 15) is 9.18 Å². The Morgan fingerprint density at radius 3 is 2.68 bits per heavy atom. The predicted molar refractivity (Wildman–Crippen MR) is 89.5 cm³/mol. The van der Waals surface area contributed by atoms with E-state index in [0.29, 0.717) is 24.6 Å². The van der Waals surface area contributed by atoms with Gasteiger partial charge in [0.15, 0.2) is 0 Å². The summed E-state index contributed by atoms with van der Waals surface area (Å²) in [5.74, 6) is 0.737. The lowest BCUT2D eigenvalue weighted by atomic mass is 9.94. The molecule has 7 nitrogen and oxygen atoms in total. The first-order valence-electron chi connectivity index (χ1n) is 8.11. The molecule has 0 aliphatic carbocycles. The van der Waals surface area contributed by atoms with Gasteiger partial charge in [0.05, 0.1) is 18.2 Å². The summed E-state index contributed by atoms with van der Waals surface area (Å²) in [6.45, 7) is 6.51. The largest absolute Gasteiger partial charge is 0.381 e. The molecule has 2 heterocycles. The highest BCUT2D eigenvalue weighted by atomic mass is 19.1. The maximum absolute atomic E-state index is 13.0. The SMILES string of the molecule is Cc1nc(C)n(CCNC(=O)[C@@H]2ON=C(c3ccc(F)cc3)[C@H]2C)n1. The van der Waals surface area contributed by atoms with Crippen molar-refractivity contribution in [1.82, 2.24) is 20.1 Å². The average Bonchev–Trinajstić information content (AvgIpc) is 3.10. The molecule has 132 valence electrons. The van der Waals surface area contributed by atoms with Gasteiger partial charge >= 0.3 is 0 Å². The van der Waals surface area contributed by atoms with Gasteiger partial charge in [0, 0.05) is 6.54 Å². The van der Waals surface area contributed by atoms with E-state index in [-0.39, 0.29) is 17.6 Å². The Bertz CT molecular complexity index is 800. The average molecular weight is 345 g/mol. The van der Waals surface area contributed by atoms with Gasteiger partial charge in [-0.3, -0.25) is 4.79 Å². The fourth-order valence-corrected chi connectivity index (χ4v) is 2.80. The van der Waals surface area contributed by atoms with Crippen molar-refractivity contribution < 1.29 is 14.0 Å². The number of amides is 1. The molecule has 1 amide bonds. The van der Waals surface area contributed by atoms with Crippen LogP contribution in [0.15, 0.2) is 29.4 Å². The topological polar surface area (TPSA) is 81.4 Å². The first-order chi connectivity index (χ1) is 12.0. The molecule has 1 aromatic heterocycles. The molecule has 0 fully saturated rings. The van der Waals surface area contributed by atoms with Crippen LogP contribution in [0.5, 0.6) is 0 Å². The van der Waals surface area contributed by atoms with Crippen molar-refractivity contribution in [2.45, 2.75) is 33.4 Å². The molecule has 1 aliphatic heterocycles. The van der Waals surface area contributed by atoms with Crippen molar-refractivity contribution in [1.29, 1.82) is 0 Å². The van der Waals surface area contributed by atoms with Crippen LogP contribution in [0.3, 0.4) is 0 Å². The molecule has 3 rings (SSSR count). The smallest absolute Gasteiger partial charge is 0.264 e. The van der Waals surface area contributed by atoms with Crippen LogP contribution >= 0.6 is 0 Å². The molecule has 0 saturated heterocycles. The number of carbonyl (C=O) groups is 1. The van der Waals surface area contributed by atoms with Crippen LogP contribution < -0.4 is 5.32 Å². The lowest BCUT2D eigenvalue weighted by Gasteiger charge is -2.14. The van der Waals surface area contributed by atoms with E-state index in [1.54, 1.807) is 16.8 Å². The number of carbonyl (C=O) groups excluding carboxylic acids is 1. The van der Waals surface area contributed by atoms with Crippen molar-refractivity contribution in [2.75, 3.05) is 6.54 Å². The second kappa shape index (κ2) is 7.00. The van der Waals surface area contributed by atoms with Gasteiger partial charge in [-0.25, -0.2) is 14.1 Å². The Morgan fingerprint density at radius 1 is 1.32 bits per heavy atom. The molecule has 25 heavy (non-hydrogen) atoms. The van der Waals surface area contributed by atoms with Gasteiger partial charge in [0.25, 0.3) is 5.91 Å². The normalized spacial score (nSPS) is 19.4. The summed E-state index contributed by atoms with van der Waals surface area (Å²) in [4.78, 5) is 21.9. The van der Waals surface area contributed by atoms with E-state index in [1.165, 1.54) is 12.1 Å². The van der Waals surface area contributed by atoms with Crippen LogP contribution in [0.2, 0.25) is 0 Å². The van der Waals surface area contributed by atoms with Crippen LogP contribution in [0, 0.1) is 25.6 Å². The van der Waals surface area contributed by atoms with E-state index in [0.717, 1.165) is 11.4 Å². The molecule has 1 aliphatic rings. The number of nitrogens with one attached hydrogen (secondary N) is 1. The zero-order valence-corrected chi connectivity index (χ0v) is 14.4. The van der Waals surface area contributed by atoms with Gasteiger partial charge in [-0.15, -0.1) is 0 Å². The van der Waals surface area contributed by atoms with E-state index in [2.05, 4.69) is 20.6 Å². The number of oxime groups is 1. The minimum absolute atomic E-state index is 0.221. The summed E-state index contributed by atoms with van der Waals surface area (Å²) in [5, 5.41) is 11.1. The number of hydrogen-bond donors (Lipinski definition) is 1. The van der Waals surface area contributed by atoms with E-state index in [4.69, 9.17) is 4.84 Å². The molecule has 0 unspecified atom stereocenters. The van der Waals surface area contributed by atoms with Gasteiger partial charge in [0.1, 0.15) is 17.5 Å². The van der Waals surface area contributed by atoms with Gasteiger partial charge in [-0.1, -0.05) is 24.2 Å². The van der Waals surface area contributed by atoms with Gasteiger partial charge in [-0.05, 0) is 31.5 Å². The summed E-state index contributed by atoms with van der Waals surface area (Å²) in [6, 6.07) is 5.98. The Hall–Kier alpha value is -2.77. The third-order valence-electron chi connectivity index (χ3n) is 4.13. The highest BCUT2D eigenvalue weighted by Crippen LogP contribution is 2.23. The third-order valence-corrected chi connectivity index (χ3v) is 4.13. The van der Waals surface area contributed by atoms with Gasteiger partial charge in [-0.2, -0.15) is 5.10 Å². The molecule has 0 saturated carbocycles. The number of benzene rings is 1. The van der Waals surface area contributed by atoms with E-state index >= 15 is 0 Å². The summed E-state index contributed by atoms with van der Waals surface area (Å²) in [7, 11) is 0. The lowest BCUT2D eigenvalue weighted by molar-refractivity contribution is -0.132. The molecule has 0 spiro atoms. The van der Waals surface area contributed by atoms with Crippen molar-refractivity contribution >= 4 is 11.6 Å². The van der Waals surface area contributed by atoms with E-state index < -0.39 is 6.10 Å². The molecule has 1 aromatic carbocycles. The van der Waals surface area contributed by atoms with Crippen molar-refractivity contribution in [3.8, 4) is 0 Å². The van der Waals surface area contributed by atoms with Crippen LogP contribution in [0.4, 0.5) is 4.39 Å². The van der Waals surface area contributed by atoms with Crippen molar-refractivity contribution in [3.05, 3.63) is 47.3 Å². The van der Waals surface area contributed by atoms with E-state index in [1.807, 2.05) is 20.8 Å². The Kier molecular flexibility index (Phi) is 4.78. The maximum Gasteiger partial charge on any atom is 0.264 e. The number of halogens is 1. The molecule has 0 bridgehead atoms. The standard InChI is InChI=1S/C17H20FN5O2/c1-10-15(13-4-6-14(18)7-5-13)22-25-16(10)17(24)19-8-9-23-12(3)20-11(2)21-23/h4-7,10,16H,8-9H2,1-3H3,(H,19,24)/t10-,16-/m1/s1. The van der Waals surface area contributed by atoms with Gasteiger partial charge in [0.2, 0.25) is 6.10 Å². The molecular formula is C17H20FN5O2. The third kappa shape index (κ3) is 3.67. The zero-order valence-electron chi connectivity index (χ0n) is 14.4. The monoisotopic (exact) mass is 345 g/mol. The molecule has 1 N–H and O–H groups in total. The molecule has 2 atom stereocenters. The number of hydrogen-bond acceptors (Lipinski definition) is 5. The molecule has 2 aromatic rings. The number of aryl methyl sites for hydroxylation is 2. The van der Waals surface area contributed by atoms with Crippen LogP contribution in [0.1, 0.15) is 24.1 Å². The summed E-state index contributed by atoms with van der Waals surface area (Å²) in [5.41, 5.74) is 1.39. The number of aromatic nitrogens is 3. The summed E-state index contributed by atoms with van der Waals surface area (Å²) in [6.07, 6.45) is -0.696. The quantitative estimate of drug-likeness (QED) is 0.892. The molecule has 0 radical (unpaired) electrons. The lowest BCUT2D eigenvalue weighted by Crippen LogP contribution is -2.40. The first kappa shape index (κ1) is 17.1. The summed E-state index contributed by atoms with van der Waals surface area (Å²) < 4.78 is 14.8. The first-order valence-corrected chi connectivity index (χ1v) is 8.11. The molecule has 8 heteroatoms. The number of nitrogens with zero attached hydrogens (tertiary/aromatic N) is 4. The minimum Gasteiger partial charge on any atom is -0.381 e.